The Labute approximate surface area is 144 Å². The van der Waals surface area contributed by atoms with Crippen molar-refractivity contribution < 1.29 is 14.3 Å². The molecule has 5 nitrogen and oxygen atoms in total. The highest BCUT2D eigenvalue weighted by Gasteiger charge is 2.32. The summed E-state index contributed by atoms with van der Waals surface area (Å²) in [5.41, 5.74) is 2.53. The van der Waals surface area contributed by atoms with Crippen molar-refractivity contribution in [3.8, 4) is 0 Å². The molecule has 5 heteroatoms. The molecule has 2 amide bonds. The van der Waals surface area contributed by atoms with Crippen LogP contribution < -0.4 is 10.6 Å². The van der Waals surface area contributed by atoms with Crippen molar-refractivity contribution in [2.45, 2.75) is 43.6 Å². The van der Waals surface area contributed by atoms with Gasteiger partial charge in [0, 0.05) is 52.2 Å². The lowest BCUT2D eigenvalue weighted by molar-refractivity contribution is -0.0861. The van der Waals surface area contributed by atoms with E-state index in [-0.39, 0.29) is 11.6 Å². The molecule has 1 heterocycles. The summed E-state index contributed by atoms with van der Waals surface area (Å²) in [5, 5.41) is 6.01. The van der Waals surface area contributed by atoms with E-state index in [0.29, 0.717) is 32.2 Å². The van der Waals surface area contributed by atoms with Crippen molar-refractivity contribution in [1.82, 2.24) is 10.6 Å². The van der Waals surface area contributed by atoms with Gasteiger partial charge in [0.25, 0.3) is 0 Å². The van der Waals surface area contributed by atoms with Crippen LogP contribution in [0, 0.1) is 0 Å². The van der Waals surface area contributed by atoms with Crippen LogP contribution >= 0.6 is 0 Å². The number of carbonyl (C=O) groups is 1. The van der Waals surface area contributed by atoms with Crippen LogP contribution in [0.1, 0.15) is 42.7 Å². The number of aryl methyl sites for hydroxylation is 1. The third-order valence-electron chi connectivity index (χ3n) is 5.41. The zero-order chi connectivity index (χ0) is 16.8. The molecule has 1 aromatic carbocycles. The summed E-state index contributed by atoms with van der Waals surface area (Å²) in [5.74, 6) is 0.417. The zero-order valence-electron chi connectivity index (χ0n) is 14.5. The number of ether oxygens (including phenoxy) is 2. The number of nitrogens with one attached hydrogen (secondary N) is 2. The number of carbonyl (C=O) groups excluding carboxylic acids is 1. The monoisotopic (exact) mass is 332 g/mol. The van der Waals surface area contributed by atoms with E-state index in [9.17, 15) is 4.79 Å². The van der Waals surface area contributed by atoms with E-state index < -0.39 is 0 Å². The van der Waals surface area contributed by atoms with Gasteiger partial charge in [0.05, 0.1) is 5.60 Å². The molecule has 1 fully saturated rings. The lowest BCUT2D eigenvalue weighted by Crippen LogP contribution is -2.50. The molecule has 1 aliphatic heterocycles. The maximum absolute atomic E-state index is 12.2. The topological polar surface area (TPSA) is 59.6 Å². The molecule has 0 spiro atoms. The minimum Gasteiger partial charge on any atom is -0.381 e. The predicted molar refractivity (Wildman–Crippen MR) is 93.3 cm³/mol. The molecular weight excluding hydrogens is 304 g/mol. The molecule has 0 radical (unpaired) electrons. The molecule has 1 aliphatic carbocycles. The van der Waals surface area contributed by atoms with E-state index in [2.05, 4.69) is 34.9 Å². The summed E-state index contributed by atoms with van der Waals surface area (Å²) in [6, 6.07) is 8.47. The Kier molecular flexibility index (Phi) is 5.74. The summed E-state index contributed by atoms with van der Waals surface area (Å²) >= 11 is 0. The van der Waals surface area contributed by atoms with Crippen LogP contribution in [0.4, 0.5) is 4.79 Å². The molecule has 2 N–H and O–H groups in total. The minimum absolute atomic E-state index is 0.110. The standard InChI is InChI=1S/C19H28N2O3/c1-23-19(9-11-24-12-10-19)14-21-18(22)20-13-16-7-4-6-15-5-2-3-8-17(15)16/h2-3,5,8,16H,4,6-7,9-14H2,1H3,(H2,20,21,22). The molecule has 2 aliphatic rings. The van der Waals surface area contributed by atoms with Gasteiger partial charge >= 0.3 is 6.03 Å². The summed E-state index contributed by atoms with van der Waals surface area (Å²) < 4.78 is 11.0. The lowest BCUT2D eigenvalue weighted by atomic mass is 9.83. The van der Waals surface area contributed by atoms with Gasteiger partial charge in [-0.25, -0.2) is 4.79 Å². The molecule has 1 saturated heterocycles. The van der Waals surface area contributed by atoms with E-state index in [0.717, 1.165) is 25.7 Å². The van der Waals surface area contributed by atoms with Gasteiger partial charge in [-0.1, -0.05) is 24.3 Å². The van der Waals surface area contributed by atoms with E-state index in [1.165, 1.54) is 17.5 Å². The lowest BCUT2D eigenvalue weighted by Gasteiger charge is -2.36. The second kappa shape index (κ2) is 7.99. The average Bonchev–Trinajstić information content (AvgIpc) is 2.65. The SMILES string of the molecule is COC1(CNC(=O)NCC2CCCc3ccccc32)CCOCC1. The first-order valence-corrected chi connectivity index (χ1v) is 8.95. The van der Waals surface area contributed by atoms with Gasteiger partial charge in [0.2, 0.25) is 0 Å². The van der Waals surface area contributed by atoms with Crippen LogP contribution in [0.25, 0.3) is 0 Å². The third kappa shape index (κ3) is 4.08. The Morgan fingerprint density at radius 3 is 2.88 bits per heavy atom. The quantitative estimate of drug-likeness (QED) is 0.871. The van der Waals surface area contributed by atoms with Gasteiger partial charge in [-0.2, -0.15) is 0 Å². The van der Waals surface area contributed by atoms with Crippen LogP contribution in [0.5, 0.6) is 0 Å². The fourth-order valence-electron chi connectivity index (χ4n) is 3.78. The van der Waals surface area contributed by atoms with Crippen LogP contribution in [0.15, 0.2) is 24.3 Å². The number of hydrogen-bond donors (Lipinski definition) is 2. The number of methoxy groups -OCH3 is 1. The third-order valence-corrected chi connectivity index (χ3v) is 5.41. The molecule has 24 heavy (non-hydrogen) atoms. The molecule has 1 unspecified atom stereocenters. The highest BCUT2D eigenvalue weighted by Crippen LogP contribution is 2.30. The van der Waals surface area contributed by atoms with E-state index >= 15 is 0 Å². The molecule has 0 saturated carbocycles. The second-order valence-electron chi connectivity index (χ2n) is 6.85. The molecule has 0 bridgehead atoms. The van der Waals surface area contributed by atoms with Crippen molar-refractivity contribution in [2.24, 2.45) is 0 Å². The van der Waals surface area contributed by atoms with Gasteiger partial charge in [0.1, 0.15) is 0 Å². The summed E-state index contributed by atoms with van der Waals surface area (Å²) in [6.07, 6.45) is 5.12. The van der Waals surface area contributed by atoms with Crippen molar-refractivity contribution in [3.05, 3.63) is 35.4 Å². The number of fused-ring (bicyclic) bond motifs is 1. The summed E-state index contributed by atoms with van der Waals surface area (Å²) in [7, 11) is 1.71. The highest BCUT2D eigenvalue weighted by atomic mass is 16.5. The summed E-state index contributed by atoms with van der Waals surface area (Å²) in [4.78, 5) is 12.2. The molecular formula is C19H28N2O3. The first kappa shape index (κ1) is 17.2. The fraction of sp³-hybridized carbons (Fsp3) is 0.632. The first-order valence-electron chi connectivity index (χ1n) is 8.95. The van der Waals surface area contributed by atoms with Crippen molar-refractivity contribution in [2.75, 3.05) is 33.4 Å². The highest BCUT2D eigenvalue weighted by molar-refractivity contribution is 5.74. The van der Waals surface area contributed by atoms with Crippen LogP contribution in [0.2, 0.25) is 0 Å². The predicted octanol–water partition coefficient (Wildman–Crippen LogP) is 2.60. The van der Waals surface area contributed by atoms with E-state index in [4.69, 9.17) is 9.47 Å². The number of benzene rings is 1. The molecule has 1 aromatic rings. The largest absolute Gasteiger partial charge is 0.381 e. The minimum atomic E-state index is -0.285. The van der Waals surface area contributed by atoms with Crippen LogP contribution in [-0.4, -0.2) is 45.0 Å². The number of hydrogen-bond acceptors (Lipinski definition) is 3. The number of amides is 2. The van der Waals surface area contributed by atoms with Crippen molar-refractivity contribution in [1.29, 1.82) is 0 Å². The molecule has 3 rings (SSSR count). The fourth-order valence-corrected chi connectivity index (χ4v) is 3.78. The Hall–Kier alpha value is -1.59. The number of rotatable bonds is 5. The Bertz CT molecular complexity index is 555. The Morgan fingerprint density at radius 1 is 1.29 bits per heavy atom. The molecule has 1 atom stereocenters. The van der Waals surface area contributed by atoms with Gasteiger partial charge in [-0.05, 0) is 30.4 Å². The second-order valence-corrected chi connectivity index (χ2v) is 6.85. The zero-order valence-corrected chi connectivity index (χ0v) is 14.5. The van der Waals surface area contributed by atoms with Crippen molar-refractivity contribution >= 4 is 6.03 Å². The van der Waals surface area contributed by atoms with Crippen LogP contribution in [0.3, 0.4) is 0 Å². The van der Waals surface area contributed by atoms with Gasteiger partial charge in [0.15, 0.2) is 0 Å². The van der Waals surface area contributed by atoms with Crippen LogP contribution in [-0.2, 0) is 15.9 Å². The van der Waals surface area contributed by atoms with E-state index in [1.807, 2.05) is 0 Å². The molecule has 132 valence electrons. The van der Waals surface area contributed by atoms with E-state index in [1.54, 1.807) is 7.11 Å². The number of urea groups is 1. The average molecular weight is 332 g/mol. The molecule has 0 aromatic heterocycles. The summed E-state index contributed by atoms with van der Waals surface area (Å²) in [6.45, 7) is 2.60. The van der Waals surface area contributed by atoms with Gasteiger partial charge in [-0.3, -0.25) is 0 Å². The Morgan fingerprint density at radius 2 is 2.08 bits per heavy atom. The Balaban J connectivity index is 1.48. The van der Waals surface area contributed by atoms with Gasteiger partial charge < -0.3 is 20.1 Å². The van der Waals surface area contributed by atoms with Gasteiger partial charge in [-0.15, -0.1) is 0 Å². The normalized spacial score (nSPS) is 22.5. The first-order chi connectivity index (χ1) is 11.7. The smallest absolute Gasteiger partial charge is 0.314 e. The maximum Gasteiger partial charge on any atom is 0.314 e. The van der Waals surface area contributed by atoms with Crippen molar-refractivity contribution in [3.63, 3.8) is 0 Å². The maximum atomic E-state index is 12.2.